The molecule has 0 aliphatic carbocycles. The highest BCUT2D eigenvalue weighted by Gasteiger charge is 2.19. The van der Waals surface area contributed by atoms with Crippen LogP contribution in [0.2, 0.25) is 0 Å². The van der Waals surface area contributed by atoms with Crippen LogP contribution in [0.5, 0.6) is 0 Å². The molecule has 0 amide bonds. The molecule has 0 atom stereocenters. The van der Waals surface area contributed by atoms with E-state index in [2.05, 4.69) is 26.0 Å². The molecule has 108 valence electrons. The molecule has 0 aliphatic heterocycles. The van der Waals surface area contributed by atoms with Crippen molar-refractivity contribution in [1.29, 1.82) is 5.26 Å². The van der Waals surface area contributed by atoms with Gasteiger partial charge in [-0.25, -0.2) is 8.42 Å². The molecule has 2 rings (SSSR count). The minimum absolute atomic E-state index is 0.122. The molecule has 0 aliphatic rings. The van der Waals surface area contributed by atoms with E-state index in [1.807, 2.05) is 6.07 Å². The molecule has 21 heavy (non-hydrogen) atoms. The molecule has 0 aromatic heterocycles. The number of hydrogen-bond acceptors (Lipinski definition) is 4. The highest BCUT2D eigenvalue weighted by Crippen LogP contribution is 2.26. The molecule has 2 N–H and O–H groups in total. The van der Waals surface area contributed by atoms with Crippen molar-refractivity contribution in [3.63, 3.8) is 0 Å². The van der Waals surface area contributed by atoms with Gasteiger partial charge in [-0.2, -0.15) is 5.26 Å². The van der Waals surface area contributed by atoms with Gasteiger partial charge in [0.1, 0.15) is 11.0 Å². The molecule has 0 bridgehead atoms. The Morgan fingerprint density at radius 1 is 1.14 bits per heavy atom. The summed E-state index contributed by atoms with van der Waals surface area (Å²) in [5.41, 5.74) is 0.972. The Bertz CT molecular complexity index is 813. The molecule has 0 unspecified atom stereocenters. The van der Waals surface area contributed by atoms with Gasteiger partial charge in [0.25, 0.3) is 10.0 Å². The first-order chi connectivity index (χ1) is 9.97. The number of nitriles is 1. The molecular formula is C14H12BrN3O2S. The van der Waals surface area contributed by atoms with Crippen molar-refractivity contribution in [2.75, 3.05) is 17.1 Å². The monoisotopic (exact) mass is 365 g/mol. The largest absolute Gasteiger partial charge is 0.387 e. The van der Waals surface area contributed by atoms with Gasteiger partial charge in [0, 0.05) is 11.5 Å². The van der Waals surface area contributed by atoms with Gasteiger partial charge >= 0.3 is 0 Å². The Morgan fingerprint density at radius 2 is 1.86 bits per heavy atom. The first-order valence-corrected chi connectivity index (χ1v) is 8.25. The number of sulfonamides is 1. The van der Waals surface area contributed by atoms with E-state index in [0.29, 0.717) is 10.2 Å². The normalized spacial score (nSPS) is 10.7. The van der Waals surface area contributed by atoms with Gasteiger partial charge < -0.3 is 5.32 Å². The Kier molecular flexibility index (Phi) is 4.50. The Morgan fingerprint density at radius 3 is 2.52 bits per heavy atom. The van der Waals surface area contributed by atoms with Crippen LogP contribution in [-0.4, -0.2) is 15.5 Å². The number of nitrogens with one attached hydrogen (secondary N) is 2. The SMILES string of the molecule is CNc1ccccc1S(=O)(=O)Nc1cc(Br)ccc1C#N. The van der Waals surface area contributed by atoms with Crippen molar-refractivity contribution in [2.45, 2.75) is 4.90 Å². The Hall–Kier alpha value is -2.04. The van der Waals surface area contributed by atoms with Crippen molar-refractivity contribution >= 4 is 37.3 Å². The first-order valence-electron chi connectivity index (χ1n) is 5.97. The van der Waals surface area contributed by atoms with Gasteiger partial charge in [-0.05, 0) is 30.3 Å². The van der Waals surface area contributed by atoms with E-state index in [9.17, 15) is 8.42 Å². The number of rotatable bonds is 4. The van der Waals surface area contributed by atoms with E-state index in [1.54, 1.807) is 43.4 Å². The minimum Gasteiger partial charge on any atom is -0.387 e. The van der Waals surface area contributed by atoms with Crippen LogP contribution in [0.3, 0.4) is 0 Å². The summed E-state index contributed by atoms with van der Waals surface area (Å²) in [6.07, 6.45) is 0. The van der Waals surface area contributed by atoms with E-state index in [-0.39, 0.29) is 16.1 Å². The minimum atomic E-state index is -3.79. The predicted molar refractivity (Wildman–Crippen MR) is 85.7 cm³/mol. The van der Waals surface area contributed by atoms with Crippen LogP contribution in [0.15, 0.2) is 51.8 Å². The zero-order valence-electron chi connectivity index (χ0n) is 11.1. The van der Waals surface area contributed by atoms with Crippen molar-refractivity contribution < 1.29 is 8.42 Å². The van der Waals surface area contributed by atoms with Gasteiger partial charge in [0.05, 0.1) is 16.9 Å². The number of para-hydroxylation sites is 1. The molecule has 0 saturated heterocycles. The van der Waals surface area contributed by atoms with Crippen LogP contribution in [0.1, 0.15) is 5.56 Å². The van der Waals surface area contributed by atoms with Gasteiger partial charge in [0.2, 0.25) is 0 Å². The predicted octanol–water partition coefficient (Wildman–Crippen LogP) is 3.16. The fraction of sp³-hybridized carbons (Fsp3) is 0.0714. The smallest absolute Gasteiger partial charge is 0.263 e. The lowest BCUT2D eigenvalue weighted by Crippen LogP contribution is -2.15. The highest BCUT2D eigenvalue weighted by molar-refractivity contribution is 9.10. The number of anilines is 2. The lowest BCUT2D eigenvalue weighted by atomic mass is 10.2. The summed E-state index contributed by atoms with van der Waals surface area (Å²) in [4.78, 5) is 0.122. The Labute approximate surface area is 131 Å². The van der Waals surface area contributed by atoms with Crippen LogP contribution >= 0.6 is 15.9 Å². The maximum atomic E-state index is 12.5. The van der Waals surface area contributed by atoms with Crippen molar-refractivity contribution in [3.05, 3.63) is 52.5 Å². The zero-order valence-corrected chi connectivity index (χ0v) is 13.5. The summed E-state index contributed by atoms with van der Waals surface area (Å²) in [6.45, 7) is 0. The van der Waals surface area contributed by atoms with Crippen LogP contribution in [-0.2, 0) is 10.0 Å². The zero-order chi connectivity index (χ0) is 15.5. The van der Waals surface area contributed by atoms with Gasteiger partial charge in [-0.15, -0.1) is 0 Å². The third-order valence-electron chi connectivity index (χ3n) is 2.79. The molecule has 0 saturated carbocycles. The van der Waals surface area contributed by atoms with E-state index in [1.165, 1.54) is 6.07 Å². The van der Waals surface area contributed by atoms with E-state index < -0.39 is 10.0 Å². The van der Waals surface area contributed by atoms with Crippen molar-refractivity contribution in [3.8, 4) is 6.07 Å². The molecule has 2 aromatic rings. The summed E-state index contributed by atoms with van der Waals surface area (Å²) in [5.74, 6) is 0. The van der Waals surface area contributed by atoms with Crippen molar-refractivity contribution in [1.82, 2.24) is 0 Å². The van der Waals surface area contributed by atoms with Crippen LogP contribution < -0.4 is 10.0 Å². The lowest BCUT2D eigenvalue weighted by molar-refractivity contribution is 0.601. The number of halogens is 1. The Balaban J connectivity index is 2.48. The first kappa shape index (κ1) is 15.4. The summed E-state index contributed by atoms with van der Waals surface area (Å²) in [7, 11) is -2.14. The lowest BCUT2D eigenvalue weighted by Gasteiger charge is -2.13. The standard InChI is InChI=1S/C14H12BrN3O2S/c1-17-12-4-2-3-5-14(12)21(19,20)18-13-8-11(15)7-6-10(13)9-16/h2-8,17-18H,1H3. The topological polar surface area (TPSA) is 82.0 Å². The summed E-state index contributed by atoms with van der Waals surface area (Å²) in [5, 5.41) is 11.9. The number of nitrogens with zero attached hydrogens (tertiary/aromatic N) is 1. The van der Waals surface area contributed by atoms with E-state index in [4.69, 9.17) is 5.26 Å². The molecule has 0 radical (unpaired) electrons. The van der Waals surface area contributed by atoms with Crippen LogP contribution in [0.4, 0.5) is 11.4 Å². The molecular weight excluding hydrogens is 354 g/mol. The summed E-state index contributed by atoms with van der Waals surface area (Å²) >= 11 is 3.26. The fourth-order valence-corrected chi connectivity index (χ4v) is 3.45. The summed E-state index contributed by atoms with van der Waals surface area (Å²) in [6, 6.07) is 13.3. The average molecular weight is 366 g/mol. The molecule has 7 heteroatoms. The van der Waals surface area contributed by atoms with Gasteiger partial charge in [-0.1, -0.05) is 28.1 Å². The van der Waals surface area contributed by atoms with Gasteiger partial charge in [0.15, 0.2) is 0 Å². The number of hydrogen-bond donors (Lipinski definition) is 2. The second kappa shape index (κ2) is 6.16. The fourth-order valence-electron chi connectivity index (χ4n) is 1.81. The van der Waals surface area contributed by atoms with Crippen molar-refractivity contribution in [2.24, 2.45) is 0 Å². The average Bonchev–Trinajstić information content (AvgIpc) is 2.47. The van der Waals surface area contributed by atoms with Crippen LogP contribution in [0, 0.1) is 11.3 Å². The molecule has 0 fully saturated rings. The maximum Gasteiger partial charge on any atom is 0.263 e. The number of benzene rings is 2. The third-order valence-corrected chi connectivity index (χ3v) is 4.71. The highest BCUT2D eigenvalue weighted by atomic mass is 79.9. The van der Waals surface area contributed by atoms with E-state index >= 15 is 0 Å². The summed E-state index contributed by atoms with van der Waals surface area (Å²) < 4.78 is 28.1. The van der Waals surface area contributed by atoms with Crippen LogP contribution in [0.25, 0.3) is 0 Å². The third kappa shape index (κ3) is 3.35. The second-order valence-corrected chi connectivity index (χ2v) is 6.72. The second-order valence-electron chi connectivity index (χ2n) is 4.15. The molecule has 0 spiro atoms. The van der Waals surface area contributed by atoms with E-state index in [0.717, 1.165) is 0 Å². The van der Waals surface area contributed by atoms with Gasteiger partial charge in [-0.3, -0.25) is 4.72 Å². The maximum absolute atomic E-state index is 12.5. The molecule has 5 nitrogen and oxygen atoms in total. The molecule has 2 aromatic carbocycles. The molecule has 0 heterocycles. The quantitative estimate of drug-likeness (QED) is 0.871.